The molecule has 2 rings (SSSR count). The minimum absolute atomic E-state index is 0.0448. The fourth-order valence-corrected chi connectivity index (χ4v) is 2.40. The molecule has 1 aromatic rings. The summed E-state index contributed by atoms with van der Waals surface area (Å²) in [6.45, 7) is 2.34. The first kappa shape index (κ1) is 24.1. The SMILES string of the molecule is CC(C)(CNNC(=O)c1cc(N=[N+]=[N-])ccc1COC(=O)ON1C(=O)CCC1=O)C(=O)O. The van der Waals surface area contributed by atoms with E-state index in [0.29, 0.717) is 5.06 Å². The van der Waals surface area contributed by atoms with Crippen LogP contribution >= 0.6 is 0 Å². The van der Waals surface area contributed by atoms with Crippen LogP contribution in [0.2, 0.25) is 0 Å². The number of nitrogens with zero attached hydrogens (tertiary/aromatic N) is 4. The van der Waals surface area contributed by atoms with Crippen molar-refractivity contribution in [2.45, 2.75) is 33.3 Å². The predicted molar refractivity (Wildman–Crippen MR) is 104 cm³/mol. The van der Waals surface area contributed by atoms with Gasteiger partial charge in [-0.05, 0) is 25.4 Å². The Morgan fingerprint density at radius 3 is 2.50 bits per heavy atom. The molecule has 0 unspecified atom stereocenters. The van der Waals surface area contributed by atoms with Gasteiger partial charge in [-0.25, -0.2) is 10.2 Å². The quantitative estimate of drug-likeness (QED) is 0.125. The van der Waals surface area contributed by atoms with E-state index in [4.69, 9.17) is 15.4 Å². The zero-order chi connectivity index (χ0) is 23.9. The molecule has 0 saturated carbocycles. The van der Waals surface area contributed by atoms with Crippen LogP contribution in [0.3, 0.4) is 0 Å². The summed E-state index contributed by atoms with van der Waals surface area (Å²) in [6.07, 6.45) is -1.49. The number of nitrogens with one attached hydrogen (secondary N) is 2. The zero-order valence-electron chi connectivity index (χ0n) is 17.2. The van der Waals surface area contributed by atoms with Crippen LogP contribution in [-0.2, 0) is 30.6 Å². The molecule has 1 saturated heterocycles. The van der Waals surface area contributed by atoms with Gasteiger partial charge in [-0.15, -0.1) is 0 Å². The number of hydrogen-bond acceptors (Lipinski definition) is 9. The average Bonchev–Trinajstić information content (AvgIpc) is 3.04. The molecule has 3 amide bonds. The van der Waals surface area contributed by atoms with Gasteiger partial charge in [0.15, 0.2) is 0 Å². The lowest BCUT2D eigenvalue weighted by atomic mass is 9.94. The Morgan fingerprint density at radius 1 is 1.25 bits per heavy atom. The molecule has 0 atom stereocenters. The molecule has 14 heteroatoms. The number of ether oxygens (including phenoxy) is 1. The van der Waals surface area contributed by atoms with Gasteiger partial charge in [0.1, 0.15) is 6.61 Å². The van der Waals surface area contributed by atoms with Crippen molar-refractivity contribution in [1.82, 2.24) is 15.9 Å². The van der Waals surface area contributed by atoms with Crippen LogP contribution in [0.4, 0.5) is 10.5 Å². The van der Waals surface area contributed by atoms with Gasteiger partial charge in [-0.2, -0.15) is 0 Å². The molecule has 1 aliphatic rings. The Hall–Kier alpha value is -4.16. The van der Waals surface area contributed by atoms with E-state index < -0.39 is 41.9 Å². The maximum atomic E-state index is 12.6. The van der Waals surface area contributed by atoms with Crippen molar-refractivity contribution in [2.24, 2.45) is 10.5 Å². The molecule has 1 aliphatic heterocycles. The number of amides is 3. The fraction of sp³-hybridized carbons (Fsp3) is 0.389. The van der Waals surface area contributed by atoms with Gasteiger partial charge in [0, 0.05) is 41.1 Å². The Kier molecular flexibility index (Phi) is 7.71. The number of carbonyl (C=O) groups excluding carboxylic acids is 4. The lowest BCUT2D eigenvalue weighted by molar-refractivity contribution is -0.177. The topological polar surface area (TPSA) is 200 Å². The number of carboxylic acid groups (broad SMARTS) is 1. The van der Waals surface area contributed by atoms with E-state index in [9.17, 15) is 24.0 Å². The van der Waals surface area contributed by atoms with Crippen molar-refractivity contribution in [3.05, 3.63) is 39.8 Å². The van der Waals surface area contributed by atoms with Crippen molar-refractivity contribution >= 4 is 35.5 Å². The van der Waals surface area contributed by atoms with Crippen molar-refractivity contribution < 1.29 is 38.7 Å². The highest BCUT2D eigenvalue weighted by atomic mass is 16.8. The second kappa shape index (κ2) is 10.2. The normalized spacial score (nSPS) is 13.4. The maximum Gasteiger partial charge on any atom is 0.534 e. The number of rotatable bonds is 9. The third-order valence-corrected chi connectivity index (χ3v) is 4.33. The van der Waals surface area contributed by atoms with Crippen LogP contribution in [0, 0.1) is 5.41 Å². The van der Waals surface area contributed by atoms with Crippen molar-refractivity contribution in [1.29, 1.82) is 0 Å². The van der Waals surface area contributed by atoms with Gasteiger partial charge < -0.3 is 9.84 Å². The number of benzene rings is 1. The minimum Gasteiger partial charge on any atom is -0.481 e. The monoisotopic (exact) mass is 448 g/mol. The molecular formula is C18H20N6O8. The number of carboxylic acids is 1. The van der Waals surface area contributed by atoms with E-state index in [2.05, 4.69) is 25.7 Å². The predicted octanol–water partition coefficient (Wildman–Crippen LogP) is 1.69. The molecule has 0 spiro atoms. The van der Waals surface area contributed by atoms with Gasteiger partial charge in [-0.1, -0.05) is 22.3 Å². The Bertz CT molecular complexity index is 985. The number of azide groups is 1. The van der Waals surface area contributed by atoms with Gasteiger partial charge in [0.25, 0.3) is 17.7 Å². The molecule has 32 heavy (non-hydrogen) atoms. The number of hydroxylamine groups is 2. The summed E-state index contributed by atoms with van der Waals surface area (Å²) in [7, 11) is 0. The second-order valence-electron chi connectivity index (χ2n) is 7.24. The molecule has 1 heterocycles. The second-order valence-corrected chi connectivity index (χ2v) is 7.24. The van der Waals surface area contributed by atoms with Gasteiger partial charge >= 0.3 is 12.1 Å². The van der Waals surface area contributed by atoms with Crippen LogP contribution in [0.25, 0.3) is 10.4 Å². The van der Waals surface area contributed by atoms with E-state index in [0.717, 1.165) is 0 Å². The molecule has 0 aliphatic carbocycles. The van der Waals surface area contributed by atoms with E-state index >= 15 is 0 Å². The average molecular weight is 448 g/mol. The zero-order valence-corrected chi connectivity index (χ0v) is 17.2. The standard InChI is InChI=1S/C18H20N6O8/c1-18(2,16(28)29)9-20-22-15(27)12-7-11(21-23-19)4-3-10(12)8-31-17(30)32-24-13(25)5-6-14(24)26/h3-4,7,20H,5-6,8-9H2,1-2H3,(H,22,27)(H,28,29). The van der Waals surface area contributed by atoms with E-state index in [1.165, 1.54) is 32.0 Å². The molecule has 170 valence electrons. The summed E-state index contributed by atoms with van der Waals surface area (Å²) >= 11 is 0. The number of carbonyl (C=O) groups is 5. The number of imide groups is 1. The van der Waals surface area contributed by atoms with E-state index in [1.807, 2.05) is 0 Å². The Labute approximate surface area is 181 Å². The molecule has 0 radical (unpaired) electrons. The third kappa shape index (κ3) is 6.17. The van der Waals surface area contributed by atoms with Gasteiger partial charge in [-0.3, -0.25) is 29.4 Å². The largest absolute Gasteiger partial charge is 0.534 e. The molecule has 0 bridgehead atoms. The molecule has 14 nitrogen and oxygen atoms in total. The Balaban J connectivity index is 2.08. The lowest BCUT2D eigenvalue weighted by Crippen LogP contribution is -2.45. The van der Waals surface area contributed by atoms with Crippen LogP contribution in [0.1, 0.15) is 42.6 Å². The molecule has 0 aromatic heterocycles. The third-order valence-electron chi connectivity index (χ3n) is 4.33. The van der Waals surface area contributed by atoms with Crippen LogP contribution in [0.15, 0.2) is 23.3 Å². The first-order valence-electron chi connectivity index (χ1n) is 9.20. The first-order valence-corrected chi connectivity index (χ1v) is 9.20. The van der Waals surface area contributed by atoms with Crippen molar-refractivity contribution in [3.8, 4) is 0 Å². The van der Waals surface area contributed by atoms with Crippen molar-refractivity contribution in [2.75, 3.05) is 6.54 Å². The highest BCUT2D eigenvalue weighted by Gasteiger charge is 2.33. The van der Waals surface area contributed by atoms with E-state index in [-0.39, 0.29) is 36.2 Å². The summed E-state index contributed by atoms with van der Waals surface area (Å²) in [5.74, 6) is -3.16. The van der Waals surface area contributed by atoms with E-state index in [1.54, 1.807) is 0 Å². The summed E-state index contributed by atoms with van der Waals surface area (Å²) in [5, 5.41) is 12.8. The van der Waals surface area contributed by atoms with Crippen molar-refractivity contribution in [3.63, 3.8) is 0 Å². The molecule has 3 N–H and O–H groups in total. The fourth-order valence-electron chi connectivity index (χ4n) is 2.40. The molecule has 1 aromatic carbocycles. The van der Waals surface area contributed by atoms with Crippen LogP contribution in [0.5, 0.6) is 0 Å². The van der Waals surface area contributed by atoms with Crippen LogP contribution in [-0.4, -0.2) is 46.6 Å². The van der Waals surface area contributed by atoms with Gasteiger partial charge in [0.05, 0.1) is 5.41 Å². The molecule has 1 fully saturated rings. The first-order chi connectivity index (χ1) is 15.0. The Morgan fingerprint density at radius 2 is 1.91 bits per heavy atom. The number of hydrogen-bond donors (Lipinski definition) is 3. The van der Waals surface area contributed by atoms with Crippen LogP contribution < -0.4 is 10.9 Å². The lowest BCUT2D eigenvalue weighted by Gasteiger charge is -2.20. The highest BCUT2D eigenvalue weighted by molar-refractivity contribution is 6.01. The highest BCUT2D eigenvalue weighted by Crippen LogP contribution is 2.21. The summed E-state index contributed by atoms with van der Waals surface area (Å²) in [5.41, 5.74) is 12.5. The maximum absolute atomic E-state index is 12.6. The minimum atomic E-state index is -1.33. The summed E-state index contributed by atoms with van der Waals surface area (Å²) < 4.78 is 4.88. The summed E-state index contributed by atoms with van der Waals surface area (Å²) in [4.78, 5) is 65.7. The summed E-state index contributed by atoms with van der Waals surface area (Å²) in [6, 6.07) is 3.96. The smallest absolute Gasteiger partial charge is 0.481 e. The molecular weight excluding hydrogens is 428 g/mol. The number of aliphatic carboxylic acids is 1. The number of hydrazine groups is 1. The van der Waals surface area contributed by atoms with Gasteiger partial charge in [0.2, 0.25) is 0 Å².